The van der Waals surface area contributed by atoms with Gasteiger partial charge in [-0.2, -0.15) is 0 Å². The molecule has 2 amide bonds. The highest BCUT2D eigenvalue weighted by atomic mass is 127. The predicted octanol–water partition coefficient (Wildman–Crippen LogP) is 2.43. The van der Waals surface area contributed by atoms with E-state index in [1.165, 1.54) is 24.3 Å². The molecule has 2 aromatic rings. The van der Waals surface area contributed by atoms with Crippen molar-refractivity contribution < 1.29 is 14.0 Å². The van der Waals surface area contributed by atoms with Crippen LogP contribution in [0.2, 0.25) is 0 Å². The molecule has 0 heterocycles. The normalized spacial score (nSPS) is 10.0. The van der Waals surface area contributed by atoms with Crippen LogP contribution >= 0.6 is 22.6 Å². The standard InChI is InChI=1S/C15H12FIN2O2/c16-12-6-4-10(5-7-12)8-14(20)18-19-15(21)11-2-1-3-13(17)9-11/h1-7,9H,8H2,(H,18,20)(H,19,21). The molecule has 0 bridgehead atoms. The second kappa shape index (κ2) is 7.16. The Balaban J connectivity index is 1.86. The lowest BCUT2D eigenvalue weighted by molar-refractivity contribution is -0.121. The van der Waals surface area contributed by atoms with Gasteiger partial charge < -0.3 is 0 Å². The molecule has 2 N–H and O–H groups in total. The summed E-state index contributed by atoms with van der Waals surface area (Å²) < 4.78 is 13.7. The molecule has 0 radical (unpaired) electrons. The number of amides is 2. The van der Waals surface area contributed by atoms with Crippen molar-refractivity contribution in [2.24, 2.45) is 0 Å². The smallest absolute Gasteiger partial charge is 0.269 e. The fraction of sp³-hybridized carbons (Fsp3) is 0.0667. The van der Waals surface area contributed by atoms with E-state index >= 15 is 0 Å². The molecule has 108 valence electrons. The third-order valence-electron chi connectivity index (χ3n) is 2.68. The van der Waals surface area contributed by atoms with Crippen LogP contribution in [0.3, 0.4) is 0 Å². The Morgan fingerprint density at radius 1 is 1.05 bits per heavy atom. The van der Waals surface area contributed by atoms with Crippen LogP contribution in [0.4, 0.5) is 4.39 Å². The van der Waals surface area contributed by atoms with E-state index in [1.54, 1.807) is 18.2 Å². The molecule has 0 unspecified atom stereocenters. The van der Waals surface area contributed by atoms with Gasteiger partial charge in [0, 0.05) is 9.13 Å². The lowest BCUT2D eigenvalue weighted by Crippen LogP contribution is -2.42. The van der Waals surface area contributed by atoms with E-state index in [9.17, 15) is 14.0 Å². The van der Waals surface area contributed by atoms with Crippen molar-refractivity contribution in [3.8, 4) is 0 Å². The van der Waals surface area contributed by atoms with Gasteiger partial charge in [-0.1, -0.05) is 18.2 Å². The number of halogens is 2. The minimum atomic E-state index is -0.388. The number of hydrogen-bond donors (Lipinski definition) is 2. The molecule has 21 heavy (non-hydrogen) atoms. The first-order chi connectivity index (χ1) is 10.0. The molecule has 0 aliphatic carbocycles. The molecule has 0 fully saturated rings. The van der Waals surface area contributed by atoms with Crippen molar-refractivity contribution in [2.45, 2.75) is 6.42 Å². The first kappa shape index (κ1) is 15.4. The zero-order valence-corrected chi connectivity index (χ0v) is 13.1. The van der Waals surface area contributed by atoms with E-state index in [4.69, 9.17) is 0 Å². The Morgan fingerprint density at radius 3 is 2.43 bits per heavy atom. The van der Waals surface area contributed by atoms with Crippen LogP contribution in [0.1, 0.15) is 15.9 Å². The zero-order valence-electron chi connectivity index (χ0n) is 10.9. The van der Waals surface area contributed by atoms with E-state index in [1.807, 2.05) is 6.07 Å². The predicted molar refractivity (Wildman–Crippen MR) is 84.9 cm³/mol. The fourth-order valence-electron chi connectivity index (χ4n) is 1.66. The average Bonchev–Trinajstić information content (AvgIpc) is 2.47. The number of hydrogen-bond acceptors (Lipinski definition) is 2. The summed E-state index contributed by atoms with van der Waals surface area (Å²) in [5.41, 5.74) is 5.80. The summed E-state index contributed by atoms with van der Waals surface area (Å²) >= 11 is 2.10. The topological polar surface area (TPSA) is 58.2 Å². The quantitative estimate of drug-likeness (QED) is 0.617. The monoisotopic (exact) mass is 398 g/mol. The molecule has 2 aromatic carbocycles. The van der Waals surface area contributed by atoms with Crippen molar-refractivity contribution >= 4 is 34.4 Å². The van der Waals surface area contributed by atoms with Crippen molar-refractivity contribution in [1.29, 1.82) is 0 Å². The van der Waals surface area contributed by atoms with Crippen molar-refractivity contribution in [2.75, 3.05) is 0 Å². The molecule has 0 aromatic heterocycles. The van der Waals surface area contributed by atoms with Gasteiger partial charge in [0.2, 0.25) is 5.91 Å². The number of benzene rings is 2. The highest BCUT2D eigenvalue weighted by Crippen LogP contribution is 2.07. The molecule has 0 aliphatic heterocycles. The molecule has 0 saturated carbocycles. The average molecular weight is 398 g/mol. The first-order valence-electron chi connectivity index (χ1n) is 6.14. The van der Waals surface area contributed by atoms with Crippen LogP contribution in [0.5, 0.6) is 0 Å². The summed E-state index contributed by atoms with van der Waals surface area (Å²) in [5, 5.41) is 0. The molecule has 0 aliphatic rings. The lowest BCUT2D eigenvalue weighted by Gasteiger charge is -2.07. The number of nitrogens with one attached hydrogen (secondary N) is 2. The Kier molecular flexibility index (Phi) is 5.26. The van der Waals surface area contributed by atoms with Crippen LogP contribution < -0.4 is 10.9 Å². The number of carbonyl (C=O) groups excluding carboxylic acids is 2. The molecule has 2 rings (SSSR count). The first-order valence-corrected chi connectivity index (χ1v) is 7.21. The minimum Gasteiger partial charge on any atom is -0.273 e. The largest absolute Gasteiger partial charge is 0.273 e. The maximum atomic E-state index is 12.7. The summed E-state index contributed by atoms with van der Waals surface area (Å²) in [5.74, 6) is -1.12. The summed E-state index contributed by atoms with van der Waals surface area (Å²) in [7, 11) is 0. The third-order valence-corrected chi connectivity index (χ3v) is 3.35. The van der Waals surface area contributed by atoms with E-state index in [0.717, 1.165) is 3.57 Å². The molecular formula is C15H12FIN2O2. The van der Waals surface area contributed by atoms with Crippen molar-refractivity contribution in [3.63, 3.8) is 0 Å². The molecule has 0 spiro atoms. The van der Waals surface area contributed by atoms with E-state index in [0.29, 0.717) is 11.1 Å². The van der Waals surface area contributed by atoms with Crippen LogP contribution in [0, 0.1) is 9.39 Å². The second-order valence-electron chi connectivity index (χ2n) is 4.32. The Bertz CT molecular complexity index is 659. The molecule has 4 nitrogen and oxygen atoms in total. The summed E-state index contributed by atoms with van der Waals surface area (Å²) in [6.07, 6.45) is 0.0624. The number of hydrazine groups is 1. The highest BCUT2D eigenvalue weighted by molar-refractivity contribution is 14.1. The van der Waals surface area contributed by atoms with Crippen LogP contribution in [0.15, 0.2) is 48.5 Å². The number of rotatable bonds is 3. The van der Waals surface area contributed by atoms with Gasteiger partial charge in [0.05, 0.1) is 6.42 Å². The van der Waals surface area contributed by atoms with Gasteiger partial charge in [0.1, 0.15) is 5.82 Å². The third kappa shape index (κ3) is 4.82. The Labute approximate surface area is 134 Å². The van der Waals surface area contributed by atoms with Gasteiger partial charge in [0.15, 0.2) is 0 Å². The molecule has 0 atom stereocenters. The maximum Gasteiger partial charge on any atom is 0.269 e. The molecule has 0 saturated heterocycles. The van der Waals surface area contributed by atoms with Crippen molar-refractivity contribution in [3.05, 3.63) is 69.0 Å². The van der Waals surface area contributed by atoms with Crippen LogP contribution in [0.25, 0.3) is 0 Å². The van der Waals surface area contributed by atoms with Crippen molar-refractivity contribution in [1.82, 2.24) is 10.9 Å². The van der Waals surface area contributed by atoms with E-state index < -0.39 is 0 Å². The van der Waals surface area contributed by atoms with E-state index in [-0.39, 0.29) is 24.1 Å². The molecule has 6 heteroatoms. The fourth-order valence-corrected chi connectivity index (χ4v) is 2.20. The Hall–Kier alpha value is -1.96. The van der Waals surface area contributed by atoms with Crippen LogP contribution in [-0.2, 0) is 11.2 Å². The second-order valence-corrected chi connectivity index (χ2v) is 5.56. The van der Waals surface area contributed by atoms with Gasteiger partial charge in [-0.05, 0) is 58.5 Å². The Morgan fingerprint density at radius 2 is 1.76 bits per heavy atom. The van der Waals surface area contributed by atoms with Gasteiger partial charge in [0.25, 0.3) is 5.91 Å². The summed E-state index contributed by atoms with van der Waals surface area (Å²) in [6, 6.07) is 12.6. The SMILES string of the molecule is O=C(Cc1ccc(F)cc1)NNC(=O)c1cccc(I)c1. The van der Waals surface area contributed by atoms with E-state index in [2.05, 4.69) is 33.4 Å². The molecular weight excluding hydrogens is 386 g/mol. The van der Waals surface area contributed by atoms with Gasteiger partial charge in [-0.25, -0.2) is 4.39 Å². The van der Waals surface area contributed by atoms with Gasteiger partial charge >= 0.3 is 0 Å². The zero-order chi connectivity index (χ0) is 15.2. The number of carbonyl (C=O) groups is 2. The summed E-state index contributed by atoms with van der Waals surface area (Å²) in [4.78, 5) is 23.5. The van der Waals surface area contributed by atoms with Gasteiger partial charge in [-0.15, -0.1) is 0 Å². The maximum absolute atomic E-state index is 12.7. The van der Waals surface area contributed by atoms with Gasteiger partial charge in [-0.3, -0.25) is 20.4 Å². The summed E-state index contributed by atoms with van der Waals surface area (Å²) in [6.45, 7) is 0. The van der Waals surface area contributed by atoms with Crippen LogP contribution in [-0.4, -0.2) is 11.8 Å². The lowest BCUT2D eigenvalue weighted by atomic mass is 10.1. The highest BCUT2D eigenvalue weighted by Gasteiger charge is 2.08. The minimum absolute atomic E-state index is 0.0624.